The number of H-pyrrole nitrogens is 1. The average Bonchev–Trinajstić information content (AvgIpc) is 2.92. The molecule has 0 saturated heterocycles. The van der Waals surface area contributed by atoms with Crippen LogP contribution in [0.1, 0.15) is 6.42 Å². The highest BCUT2D eigenvalue weighted by atomic mass is 35.5. The molecule has 0 radical (unpaired) electrons. The molecule has 0 atom stereocenters. The van der Waals surface area contributed by atoms with Gasteiger partial charge in [0.1, 0.15) is 5.75 Å². The normalized spacial score (nSPS) is 10.8. The molecule has 0 saturated carbocycles. The number of aromatic nitrogens is 1. The zero-order valence-corrected chi connectivity index (χ0v) is 11.9. The molecule has 1 N–H and O–H groups in total. The van der Waals surface area contributed by atoms with E-state index in [4.69, 9.17) is 16.3 Å². The van der Waals surface area contributed by atoms with Crippen molar-refractivity contribution >= 4 is 22.5 Å². The lowest BCUT2D eigenvalue weighted by Crippen LogP contribution is -1.97. The monoisotopic (exact) mass is 285 g/mol. The molecule has 3 aromatic rings. The number of benzene rings is 2. The molecule has 0 amide bonds. The van der Waals surface area contributed by atoms with Crippen molar-refractivity contribution in [3.05, 3.63) is 54.6 Å². The molecule has 0 aliphatic heterocycles. The lowest BCUT2D eigenvalue weighted by atomic mass is 10.1. The number of rotatable bonds is 5. The van der Waals surface area contributed by atoms with Gasteiger partial charge in [-0.1, -0.05) is 18.2 Å². The third kappa shape index (κ3) is 2.81. The van der Waals surface area contributed by atoms with Crippen LogP contribution in [-0.4, -0.2) is 17.5 Å². The minimum Gasteiger partial charge on any atom is -0.494 e. The van der Waals surface area contributed by atoms with E-state index in [9.17, 15) is 0 Å². The summed E-state index contributed by atoms with van der Waals surface area (Å²) in [6.45, 7) is 0.662. The van der Waals surface area contributed by atoms with Crippen LogP contribution in [0.3, 0.4) is 0 Å². The van der Waals surface area contributed by atoms with Gasteiger partial charge in [-0.05, 0) is 48.4 Å². The number of nitrogens with one attached hydrogen (secondary N) is 1. The fraction of sp³-hybridized carbons (Fsp3) is 0.176. The molecule has 0 spiro atoms. The third-order valence-corrected chi connectivity index (χ3v) is 3.51. The van der Waals surface area contributed by atoms with Gasteiger partial charge in [0, 0.05) is 22.5 Å². The van der Waals surface area contributed by atoms with E-state index in [0.717, 1.165) is 28.9 Å². The fourth-order valence-corrected chi connectivity index (χ4v) is 2.31. The molecule has 3 rings (SSSR count). The van der Waals surface area contributed by atoms with Gasteiger partial charge in [-0.3, -0.25) is 0 Å². The van der Waals surface area contributed by atoms with Crippen molar-refractivity contribution in [2.75, 3.05) is 12.5 Å². The van der Waals surface area contributed by atoms with Gasteiger partial charge >= 0.3 is 0 Å². The predicted molar refractivity (Wildman–Crippen MR) is 84.6 cm³/mol. The standard InChI is InChI=1S/C17H16ClNO/c18-10-3-11-20-15-8-6-13(7-9-15)17-12-14-4-1-2-5-16(14)19-17/h1-2,4-9,12,19H,3,10-11H2. The third-order valence-electron chi connectivity index (χ3n) is 3.24. The van der Waals surface area contributed by atoms with Crippen LogP contribution < -0.4 is 4.74 Å². The van der Waals surface area contributed by atoms with Crippen molar-refractivity contribution in [1.29, 1.82) is 0 Å². The van der Waals surface area contributed by atoms with Crippen LogP contribution in [0.4, 0.5) is 0 Å². The van der Waals surface area contributed by atoms with Crippen molar-refractivity contribution in [3.63, 3.8) is 0 Å². The van der Waals surface area contributed by atoms with Gasteiger partial charge in [-0.15, -0.1) is 11.6 Å². The minimum absolute atomic E-state index is 0.632. The second-order valence-electron chi connectivity index (χ2n) is 4.69. The summed E-state index contributed by atoms with van der Waals surface area (Å²) in [5, 5.41) is 1.23. The Morgan fingerprint density at radius 3 is 2.55 bits per heavy atom. The molecule has 0 unspecified atom stereocenters. The largest absolute Gasteiger partial charge is 0.494 e. The number of hydrogen-bond acceptors (Lipinski definition) is 1. The minimum atomic E-state index is 0.632. The zero-order chi connectivity index (χ0) is 13.8. The molecule has 0 bridgehead atoms. The Balaban J connectivity index is 1.79. The van der Waals surface area contributed by atoms with Crippen LogP contribution in [0.15, 0.2) is 54.6 Å². The second kappa shape index (κ2) is 6.02. The molecule has 2 aromatic carbocycles. The van der Waals surface area contributed by atoms with Gasteiger partial charge < -0.3 is 9.72 Å². The van der Waals surface area contributed by atoms with Gasteiger partial charge in [0.05, 0.1) is 6.61 Å². The Labute approximate surface area is 123 Å². The van der Waals surface area contributed by atoms with Crippen molar-refractivity contribution in [3.8, 4) is 17.0 Å². The molecule has 102 valence electrons. The van der Waals surface area contributed by atoms with Crippen molar-refractivity contribution in [2.24, 2.45) is 0 Å². The topological polar surface area (TPSA) is 25.0 Å². The van der Waals surface area contributed by atoms with Crippen LogP contribution in [0, 0.1) is 0 Å². The molecule has 3 heteroatoms. The van der Waals surface area contributed by atoms with Crippen molar-refractivity contribution < 1.29 is 4.74 Å². The first-order valence-electron chi connectivity index (χ1n) is 6.74. The highest BCUT2D eigenvalue weighted by molar-refractivity contribution is 6.17. The maximum atomic E-state index is 5.63. The van der Waals surface area contributed by atoms with Crippen LogP contribution in [0.5, 0.6) is 5.75 Å². The SMILES string of the molecule is ClCCCOc1ccc(-c2cc3ccccc3[nH]2)cc1. The average molecular weight is 286 g/mol. The number of alkyl halides is 1. The Hall–Kier alpha value is -1.93. The van der Waals surface area contributed by atoms with Gasteiger partial charge in [-0.2, -0.15) is 0 Å². The quantitative estimate of drug-likeness (QED) is 0.526. The Morgan fingerprint density at radius 2 is 1.80 bits per heavy atom. The molecule has 1 heterocycles. The summed E-state index contributed by atoms with van der Waals surface area (Å²) < 4.78 is 5.60. The lowest BCUT2D eigenvalue weighted by Gasteiger charge is -2.05. The number of halogens is 1. The molecular weight excluding hydrogens is 270 g/mol. The Kier molecular flexibility index (Phi) is 3.93. The first-order chi connectivity index (χ1) is 9.86. The second-order valence-corrected chi connectivity index (χ2v) is 5.06. The maximum absolute atomic E-state index is 5.63. The van der Waals surface area contributed by atoms with E-state index in [-0.39, 0.29) is 0 Å². The van der Waals surface area contributed by atoms with E-state index in [1.54, 1.807) is 0 Å². The van der Waals surface area contributed by atoms with E-state index in [2.05, 4.69) is 35.3 Å². The van der Waals surface area contributed by atoms with Gasteiger partial charge in [0.25, 0.3) is 0 Å². The predicted octanol–water partition coefficient (Wildman–Crippen LogP) is 4.84. The van der Waals surface area contributed by atoms with Crippen LogP contribution in [0.25, 0.3) is 22.2 Å². The van der Waals surface area contributed by atoms with Gasteiger partial charge in [0.2, 0.25) is 0 Å². The van der Waals surface area contributed by atoms with Gasteiger partial charge in [0.15, 0.2) is 0 Å². The molecule has 0 aliphatic rings. The molecule has 0 aliphatic carbocycles. The van der Waals surface area contributed by atoms with E-state index < -0.39 is 0 Å². The molecule has 0 fully saturated rings. The van der Waals surface area contributed by atoms with Crippen molar-refractivity contribution in [2.45, 2.75) is 6.42 Å². The number of fused-ring (bicyclic) bond motifs is 1. The van der Waals surface area contributed by atoms with E-state index in [1.807, 2.05) is 24.3 Å². The smallest absolute Gasteiger partial charge is 0.119 e. The van der Waals surface area contributed by atoms with E-state index in [1.165, 1.54) is 5.39 Å². The van der Waals surface area contributed by atoms with Crippen LogP contribution in [0.2, 0.25) is 0 Å². The van der Waals surface area contributed by atoms with E-state index >= 15 is 0 Å². The Bertz CT molecular complexity index is 655. The Morgan fingerprint density at radius 1 is 1.00 bits per heavy atom. The van der Waals surface area contributed by atoms with Crippen LogP contribution in [-0.2, 0) is 0 Å². The molecule has 20 heavy (non-hydrogen) atoms. The highest BCUT2D eigenvalue weighted by Gasteiger charge is 2.03. The summed E-state index contributed by atoms with van der Waals surface area (Å²) >= 11 is 5.63. The molecule has 2 nitrogen and oxygen atoms in total. The molecular formula is C17H16ClNO. The summed E-state index contributed by atoms with van der Waals surface area (Å²) in [6.07, 6.45) is 0.866. The van der Waals surface area contributed by atoms with E-state index in [0.29, 0.717) is 12.5 Å². The summed E-state index contributed by atoms with van der Waals surface area (Å²) in [6, 6.07) is 18.6. The number of para-hydroxylation sites is 1. The maximum Gasteiger partial charge on any atom is 0.119 e. The lowest BCUT2D eigenvalue weighted by molar-refractivity contribution is 0.318. The summed E-state index contributed by atoms with van der Waals surface area (Å²) in [4.78, 5) is 3.43. The highest BCUT2D eigenvalue weighted by Crippen LogP contribution is 2.25. The summed E-state index contributed by atoms with van der Waals surface area (Å²) in [5.74, 6) is 1.52. The summed E-state index contributed by atoms with van der Waals surface area (Å²) in [7, 11) is 0. The van der Waals surface area contributed by atoms with Crippen molar-refractivity contribution in [1.82, 2.24) is 4.98 Å². The zero-order valence-electron chi connectivity index (χ0n) is 11.1. The fourth-order valence-electron chi connectivity index (χ4n) is 2.20. The molecule has 1 aromatic heterocycles. The first kappa shape index (κ1) is 13.1. The number of aromatic amines is 1. The first-order valence-corrected chi connectivity index (χ1v) is 7.27. The van der Waals surface area contributed by atoms with Gasteiger partial charge in [-0.25, -0.2) is 0 Å². The number of ether oxygens (including phenoxy) is 1. The van der Waals surface area contributed by atoms with Crippen LogP contribution >= 0.6 is 11.6 Å². The summed E-state index contributed by atoms with van der Waals surface area (Å²) in [5.41, 5.74) is 3.44. The number of hydrogen-bond donors (Lipinski definition) is 1.